The molecule has 0 spiro atoms. The van der Waals surface area contributed by atoms with Crippen LogP contribution < -0.4 is 10.6 Å². The van der Waals surface area contributed by atoms with Gasteiger partial charge in [0, 0.05) is 40.6 Å². The van der Waals surface area contributed by atoms with E-state index in [9.17, 15) is 4.79 Å². The van der Waals surface area contributed by atoms with Crippen molar-refractivity contribution < 1.29 is 4.79 Å². The third kappa shape index (κ3) is 6.12. The van der Waals surface area contributed by atoms with E-state index in [0.717, 1.165) is 23.3 Å². The molecule has 0 radical (unpaired) electrons. The summed E-state index contributed by atoms with van der Waals surface area (Å²) in [6.07, 6.45) is 2.73. The minimum Gasteiger partial charge on any atom is -0.361 e. The Morgan fingerprint density at radius 1 is 1.00 bits per heavy atom. The number of hydrogen-bond acceptors (Lipinski definition) is 4. The Labute approximate surface area is 206 Å². The van der Waals surface area contributed by atoms with Crippen LogP contribution in [0.1, 0.15) is 53.6 Å². The van der Waals surface area contributed by atoms with Gasteiger partial charge in [-0.1, -0.05) is 51.1 Å². The monoisotopic (exact) mass is 468 g/mol. The summed E-state index contributed by atoms with van der Waals surface area (Å²) in [5.41, 5.74) is 5.70. The zero-order valence-corrected chi connectivity index (χ0v) is 20.9. The summed E-state index contributed by atoms with van der Waals surface area (Å²) >= 11 is 0. The van der Waals surface area contributed by atoms with Crippen molar-refractivity contribution in [2.75, 3.05) is 11.9 Å². The zero-order valence-electron chi connectivity index (χ0n) is 20.9. The quantitative estimate of drug-likeness (QED) is 0.273. The van der Waals surface area contributed by atoms with Crippen LogP contribution in [0.25, 0.3) is 10.9 Å². The lowest BCUT2D eigenvalue weighted by atomic mass is 9.87. The van der Waals surface area contributed by atoms with Crippen molar-refractivity contribution in [3.05, 3.63) is 88.9 Å². The first kappa shape index (κ1) is 24.1. The maximum atomic E-state index is 13.0. The Morgan fingerprint density at radius 3 is 2.37 bits per heavy atom. The number of nitrogens with one attached hydrogen (secondary N) is 3. The number of aromatic nitrogens is 3. The summed E-state index contributed by atoms with van der Waals surface area (Å²) in [6, 6.07) is 17.7. The molecular formula is C28H32N6O. The predicted molar refractivity (Wildman–Crippen MR) is 142 cm³/mol. The summed E-state index contributed by atoms with van der Waals surface area (Å²) in [7, 11) is 0. The van der Waals surface area contributed by atoms with E-state index in [2.05, 4.69) is 63.5 Å². The number of H-pyrrole nitrogens is 1. The number of carbonyl (C=O) groups is 1. The molecule has 180 valence electrons. The van der Waals surface area contributed by atoms with Crippen molar-refractivity contribution in [2.24, 2.45) is 4.99 Å². The Hall–Kier alpha value is -4.00. The number of para-hydroxylation sites is 1. The fraction of sp³-hybridized carbons (Fsp3) is 0.286. The van der Waals surface area contributed by atoms with Gasteiger partial charge in [-0.3, -0.25) is 20.4 Å². The largest absolute Gasteiger partial charge is 0.361 e. The third-order valence-corrected chi connectivity index (χ3v) is 5.78. The maximum Gasteiger partial charge on any atom is 0.257 e. The molecule has 2 heterocycles. The maximum absolute atomic E-state index is 13.0. The van der Waals surface area contributed by atoms with Gasteiger partial charge >= 0.3 is 0 Å². The number of hydrogen-bond donors (Lipinski definition) is 3. The molecule has 0 bridgehead atoms. The molecule has 4 rings (SSSR count). The zero-order chi connectivity index (χ0) is 25.0. The lowest BCUT2D eigenvalue weighted by Gasteiger charge is -2.19. The molecular weight excluding hydrogens is 436 g/mol. The molecule has 2 aromatic heterocycles. The van der Waals surface area contributed by atoms with Gasteiger partial charge < -0.3 is 4.98 Å². The number of amides is 1. The molecule has 7 heteroatoms. The van der Waals surface area contributed by atoms with Gasteiger partial charge in [-0.15, -0.1) is 0 Å². The van der Waals surface area contributed by atoms with E-state index in [1.165, 1.54) is 16.5 Å². The Kier molecular flexibility index (Phi) is 6.96. The predicted octanol–water partition coefficient (Wildman–Crippen LogP) is 5.31. The van der Waals surface area contributed by atoms with Gasteiger partial charge in [0.25, 0.3) is 5.91 Å². The first-order valence-electron chi connectivity index (χ1n) is 11.8. The SMILES string of the molecule is Cc1cc(C)nc(NC(=NCCc2c[nH]c3ccccc23)NC(=O)c2ccc(C(C)(C)C)cc2)n1. The second-order valence-electron chi connectivity index (χ2n) is 9.72. The van der Waals surface area contributed by atoms with Gasteiger partial charge in [0.15, 0.2) is 0 Å². The highest BCUT2D eigenvalue weighted by molar-refractivity contribution is 6.09. The number of benzene rings is 2. The first-order chi connectivity index (χ1) is 16.7. The normalized spacial score (nSPS) is 12.1. The molecule has 0 saturated carbocycles. The number of carbonyl (C=O) groups excluding carboxylic acids is 1. The van der Waals surface area contributed by atoms with Gasteiger partial charge in [0.1, 0.15) is 0 Å². The number of rotatable bonds is 5. The summed E-state index contributed by atoms with van der Waals surface area (Å²) in [5.74, 6) is 0.477. The standard InChI is InChI=1S/C28H32N6O/c1-18-16-19(2)32-27(31-18)34-26(29-15-14-21-17-30-24-9-7-6-8-23(21)24)33-25(35)20-10-12-22(13-11-20)28(3,4)5/h6-13,16-17,30H,14-15H2,1-5H3,(H2,29,31,32,33,34,35). The number of aryl methyl sites for hydroxylation is 2. The summed E-state index contributed by atoms with van der Waals surface area (Å²) in [6.45, 7) is 10.7. The van der Waals surface area contributed by atoms with E-state index >= 15 is 0 Å². The molecule has 4 aromatic rings. The lowest BCUT2D eigenvalue weighted by molar-refractivity contribution is 0.0977. The van der Waals surface area contributed by atoms with Crippen molar-refractivity contribution in [1.29, 1.82) is 0 Å². The van der Waals surface area contributed by atoms with E-state index in [4.69, 9.17) is 0 Å². The number of anilines is 1. The summed E-state index contributed by atoms with van der Waals surface area (Å²) in [4.78, 5) is 29.8. The summed E-state index contributed by atoms with van der Waals surface area (Å²) < 4.78 is 0. The Bertz CT molecular complexity index is 1340. The highest BCUT2D eigenvalue weighted by atomic mass is 16.1. The van der Waals surface area contributed by atoms with Crippen molar-refractivity contribution in [3.8, 4) is 0 Å². The number of fused-ring (bicyclic) bond motifs is 1. The van der Waals surface area contributed by atoms with Crippen LogP contribution in [-0.2, 0) is 11.8 Å². The van der Waals surface area contributed by atoms with Crippen LogP contribution in [-0.4, -0.2) is 33.4 Å². The molecule has 0 unspecified atom stereocenters. The average Bonchev–Trinajstić information content (AvgIpc) is 3.21. The van der Waals surface area contributed by atoms with Crippen LogP contribution in [0.5, 0.6) is 0 Å². The van der Waals surface area contributed by atoms with Crippen molar-refractivity contribution in [1.82, 2.24) is 20.3 Å². The Morgan fingerprint density at radius 2 is 1.69 bits per heavy atom. The number of nitrogens with zero attached hydrogens (tertiary/aromatic N) is 3. The van der Waals surface area contributed by atoms with Crippen LogP contribution in [0.4, 0.5) is 5.95 Å². The van der Waals surface area contributed by atoms with E-state index in [1.54, 1.807) is 0 Å². The molecule has 0 aliphatic heterocycles. The fourth-order valence-corrected chi connectivity index (χ4v) is 3.93. The van der Waals surface area contributed by atoms with Gasteiger partial charge in [-0.25, -0.2) is 9.97 Å². The number of aliphatic imine (C=N–C) groups is 1. The topological polar surface area (TPSA) is 95.1 Å². The molecule has 1 amide bonds. The molecule has 0 saturated heterocycles. The fourth-order valence-electron chi connectivity index (χ4n) is 3.93. The van der Waals surface area contributed by atoms with E-state index in [-0.39, 0.29) is 11.3 Å². The van der Waals surface area contributed by atoms with Crippen LogP contribution in [0.3, 0.4) is 0 Å². The highest BCUT2D eigenvalue weighted by Crippen LogP contribution is 2.22. The van der Waals surface area contributed by atoms with Gasteiger partial charge in [-0.05, 0) is 61.1 Å². The van der Waals surface area contributed by atoms with Crippen LogP contribution in [0.15, 0.2) is 65.8 Å². The highest BCUT2D eigenvalue weighted by Gasteiger charge is 2.16. The minimum absolute atomic E-state index is 0.0198. The molecule has 0 aliphatic rings. The van der Waals surface area contributed by atoms with Gasteiger partial charge in [0.2, 0.25) is 11.9 Å². The second-order valence-corrected chi connectivity index (χ2v) is 9.72. The van der Waals surface area contributed by atoms with E-state index in [1.807, 2.05) is 62.5 Å². The molecule has 0 atom stereocenters. The number of guanidine groups is 1. The molecule has 7 nitrogen and oxygen atoms in total. The molecule has 2 aromatic carbocycles. The van der Waals surface area contributed by atoms with Crippen molar-refractivity contribution in [2.45, 2.75) is 46.5 Å². The minimum atomic E-state index is -0.242. The van der Waals surface area contributed by atoms with Crippen molar-refractivity contribution in [3.63, 3.8) is 0 Å². The molecule has 0 aliphatic carbocycles. The van der Waals surface area contributed by atoms with Gasteiger partial charge in [0.05, 0.1) is 0 Å². The third-order valence-electron chi connectivity index (χ3n) is 5.78. The second kappa shape index (κ2) is 10.1. The van der Waals surface area contributed by atoms with E-state index in [0.29, 0.717) is 24.0 Å². The average molecular weight is 469 g/mol. The Balaban J connectivity index is 1.53. The molecule has 35 heavy (non-hydrogen) atoms. The molecule has 0 fully saturated rings. The number of aromatic amines is 1. The first-order valence-corrected chi connectivity index (χ1v) is 11.8. The molecule has 3 N–H and O–H groups in total. The van der Waals surface area contributed by atoms with Crippen molar-refractivity contribution >= 4 is 28.7 Å². The van der Waals surface area contributed by atoms with Crippen LogP contribution >= 0.6 is 0 Å². The van der Waals surface area contributed by atoms with E-state index < -0.39 is 0 Å². The summed E-state index contributed by atoms with van der Waals surface area (Å²) in [5, 5.41) is 7.19. The van der Waals surface area contributed by atoms with Crippen LogP contribution in [0.2, 0.25) is 0 Å². The lowest BCUT2D eigenvalue weighted by Crippen LogP contribution is -2.37. The van der Waals surface area contributed by atoms with Gasteiger partial charge in [-0.2, -0.15) is 0 Å². The van der Waals surface area contributed by atoms with Crippen LogP contribution in [0, 0.1) is 13.8 Å². The smallest absolute Gasteiger partial charge is 0.257 e.